The third kappa shape index (κ3) is 7.33. The predicted octanol–water partition coefficient (Wildman–Crippen LogP) is -0.965. The number of carboxylic acid groups (broad SMARTS) is 1. The Balaban J connectivity index is 3.55. The Morgan fingerprint density at radius 1 is 1.29 bits per heavy atom. The molecule has 0 heterocycles. The molecule has 0 saturated heterocycles. The van der Waals surface area contributed by atoms with Gasteiger partial charge in [-0.25, -0.2) is 0 Å². The molecule has 0 spiro atoms. The van der Waals surface area contributed by atoms with Crippen LogP contribution < -0.4 is 16.8 Å². The summed E-state index contributed by atoms with van der Waals surface area (Å²) in [5, 5.41) is 11.2. The maximum Gasteiger partial charge on any atom is 0.320 e. The summed E-state index contributed by atoms with van der Waals surface area (Å²) in [6, 6.07) is -1.52. The number of nitrogens with two attached hydrogens (primary N) is 2. The van der Waals surface area contributed by atoms with Crippen molar-refractivity contribution in [3.63, 3.8) is 0 Å². The number of hydrogen-bond donors (Lipinski definition) is 4. The van der Waals surface area contributed by atoms with Crippen molar-refractivity contribution in [1.82, 2.24) is 5.32 Å². The molecule has 0 aromatic heterocycles. The lowest BCUT2D eigenvalue weighted by Gasteiger charge is -2.10. The largest absolute Gasteiger partial charge is 0.480 e. The molecule has 0 aliphatic carbocycles. The summed E-state index contributed by atoms with van der Waals surface area (Å²) in [4.78, 5) is 21.7. The van der Waals surface area contributed by atoms with Crippen LogP contribution >= 0.6 is 0 Å². The van der Waals surface area contributed by atoms with Gasteiger partial charge in [0.05, 0.1) is 6.04 Å². The van der Waals surface area contributed by atoms with E-state index >= 15 is 0 Å². The van der Waals surface area contributed by atoms with Crippen molar-refractivity contribution in [2.24, 2.45) is 11.5 Å². The van der Waals surface area contributed by atoms with Crippen LogP contribution in [0.4, 0.5) is 0 Å². The molecule has 0 fully saturated rings. The number of hydrogen-bond acceptors (Lipinski definition) is 4. The number of rotatable bonds is 8. The standard InChI is InChI=1S/C11H19N3O3/c1-2-5-8(12)10(15)14-7-4-3-6-9(13)11(16)17/h1,8-9H,3-7,12-13H2,(H,14,15)(H,16,17)/t8-,9-/m1/s1. The summed E-state index contributed by atoms with van der Waals surface area (Å²) < 4.78 is 0. The van der Waals surface area contributed by atoms with Crippen molar-refractivity contribution in [3.8, 4) is 12.3 Å². The van der Waals surface area contributed by atoms with E-state index in [0.29, 0.717) is 25.8 Å². The molecule has 0 aliphatic rings. The fourth-order valence-corrected chi connectivity index (χ4v) is 1.18. The quantitative estimate of drug-likeness (QED) is 0.322. The van der Waals surface area contributed by atoms with Crippen LogP contribution in [0.1, 0.15) is 25.7 Å². The Morgan fingerprint density at radius 3 is 2.47 bits per heavy atom. The van der Waals surface area contributed by atoms with Gasteiger partial charge in [-0.3, -0.25) is 9.59 Å². The van der Waals surface area contributed by atoms with E-state index in [1.54, 1.807) is 0 Å². The first-order chi connectivity index (χ1) is 7.99. The van der Waals surface area contributed by atoms with E-state index in [1.165, 1.54) is 0 Å². The van der Waals surface area contributed by atoms with E-state index in [2.05, 4.69) is 11.2 Å². The molecule has 0 aliphatic heterocycles. The van der Waals surface area contributed by atoms with Crippen molar-refractivity contribution < 1.29 is 14.7 Å². The molecule has 0 radical (unpaired) electrons. The van der Waals surface area contributed by atoms with Crippen LogP contribution in [0.25, 0.3) is 0 Å². The van der Waals surface area contributed by atoms with Crippen LogP contribution in [-0.2, 0) is 9.59 Å². The van der Waals surface area contributed by atoms with Gasteiger partial charge in [0.15, 0.2) is 0 Å². The first-order valence-corrected chi connectivity index (χ1v) is 5.44. The molecule has 96 valence electrons. The minimum atomic E-state index is -1.01. The second-order valence-corrected chi connectivity index (χ2v) is 3.75. The Bertz CT molecular complexity index is 299. The smallest absolute Gasteiger partial charge is 0.320 e. The first kappa shape index (κ1) is 15.4. The second kappa shape index (κ2) is 8.56. The Labute approximate surface area is 101 Å². The number of carbonyl (C=O) groups excluding carboxylic acids is 1. The number of carbonyl (C=O) groups is 2. The van der Waals surface area contributed by atoms with E-state index in [0.717, 1.165) is 0 Å². The average Bonchev–Trinajstić information content (AvgIpc) is 2.28. The maximum atomic E-state index is 11.3. The molecule has 6 N–H and O–H groups in total. The lowest BCUT2D eigenvalue weighted by atomic mass is 10.1. The van der Waals surface area contributed by atoms with Gasteiger partial charge in [-0.15, -0.1) is 12.3 Å². The first-order valence-electron chi connectivity index (χ1n) is 5.44. The molecule has 6 nitrogen and oxygen atoms in total. The van der Waals surface area contributed by atoms with Crippen LogP contribution in [0.5, 0.6) is 0 Å². The lowest BCUT2D eigenvalue weighted by molar-refractivity contribution is -0.138. The van der Waals surface area contributed by atoms with Gasteiger partial charge in [0.1, 0.15) is 6.04 Å². The van der Waals surface area contributed by atoms with Crippen LogP contribution in [-0.4, -0.2) is 35.6 Å². The highest BCUT2D eigenvalue weighted by Crippen LogP contribution is 1.98. The molecule has 17 heavy (non-hydrogen) atoms. The molecule has 2 atom stereocenters. The average molecular weight is 241 g/mol. The summed E-state index contributed by atoms with van der Waals surface area (Å²) in [5.74, 6) is 1.01. The minimum absolute atomic E-state index is 0.204. The van der Waals surface area contributed by atoms with Gasteiger partial charge >= 0.3 is 5.97 Å². The number of carboxylic acids is 1. The van der Waals surface area contributed by atoms with Gasteiger partial charge in [0, 0.05) is 13.0 Å². The SMILES string of the molecule is C#CC[C@@H](N)C(=O)NCCCC[C@@H](N)C(=O)O. The van der Waals surface area contributed by atoms with Crippen LogP contribution in [0.2, 0.25) is 0 Å². The van der Waals surface area contributed by atoms with Crippen LogP contribution in [0.15, 0.2) is 0 Å². The normalized spacial score (nSPS) is 13.5. The highest BCUT2D eigenvalue weighted by molar-refractivity contribution is 5.81. The van der Waals surface area contributed by atoms with Gasteiger partial charge in [-0.05, 0) is 19.3 Å². The zero-order valence-electron chi connectivity index (χ0n) is 9.69. The zero-order valence-corrected chi connectivity index (χ0v) is 9.69. The lowest BCUT2D eigenvalue weighted by Crippen LogP contribution is -2.40. The summed E-state index contributed by atoms with van der Waals surface area (Å²) in [5.41, 5.74) is 10.8. The fraction of sp³-hybridized carbons (Fsp3) is 0.636. The van der Waals surface area contributed by atoms with Crippen molar-refractivity contribution in [1.29, 1.82) is 0 Å². The summed E-state index contributed by atoms with van der Waals surface area (Å²) in [6.45, 7) is 0.448. The van der Waals surface area contributed by atoms with E-state index in [4.69, 9.17) is 23.0 Å². The summed E-state index contributed by atoms with van der Waals surface area (Å²) in [7, 11) is 0. The van der Waals surface area contributed by atoms with Crippen LogP contribution in [0.3, 0.4) is 0 Å². The van der Waals surface area contributed by atoms with Gasteiger partial charge in [0.2, 0.25) is 5.91 Å². The van der Waals surface area contributed by atoms with E-state index < -0.39 is 18.1 Å². The van der Waals surface area contributed by atoms with Crippen molar-refractivity contribution in [2.75, 3.05) is 6.54 Å². The predicted molar refractivity (Wildman–Crippen MR) is 63.9 cm³/mol. The monoisotopic (exact) mass is 241 g/mol. The highest BCUT2D eigenvalue weighted by Gasteiger charge is 2.12. The van der Waals surface area contributed by atoms with Crippen molar-refractivity contribution >= 4 is 11.9 Å². The molecule has 0 bridgehead atoms. The van der Waals surface area contributed by atoms with Gasteiger partial charge in [0.25, 0.3) is 0 Å². The molecule has 6 heteroatoms. The molecule has 0 rings (SSSR count). The van der Waals surface area contributed by atoms with E-state index in [1.807, 2.05) is 0 Å². The molecule has 0 saturated carbocycles. The molecular weight excluding hydrogens is 222 g/mol. The van der Waals surface area contributed by atoms with Crippen molar-refractivity contribution in [3.05, 3.63) is 0 Å². The molecule has 0 unspecified atom stereocenters. The summed E-state index contributed by atoms with van der Waals surface area (Å²) in [6.07, 6.45) is 6.92. The van der Waals surface area contributed by atoms with Gasteiger partial charge in [-0.1, -0.05) is 0 Å². The molecule has 0 aromatic carbocycles. The minimum Gasteiger partial charge on any atom is -0.480 e. The number of nitrogens with one attached hydrogen (secondary N) is 1. The molecule has 1 amide bonds. The maximum absolute atomic E-state index is 11.3. The van der Waals surface area contributed by atoms with Gasteiger partial charge in [-0.2, -0.15) is 0 Å². The van der Waals surface area contributed by atoms with Gasteiger partial charge < -0.3 is 21.9 Å². The zero-order chi connectivity index (χ0) is 13.3. The Hall–Kier alpha value is -1.58. The van der Waals surface area contributed by atoms with Crippen molar-refractivity contribution in [2.45, 2.75) is 37.8 Å². The highest BCUT2D eigenvalue weighted by atomic mass is 16.4. The fourth-order valence-electron chi connectivity index (χ4n) is 1.18. The number of terminal acetylenes is 1. The number of amides is 1. The number of unbranched alkanes of at least 4 members (excludes halogenated alkanes) is 1. The third-order valence-corrected chi connectivity index (χ3v) is 2.23. The van der Waals surface area contributed by atoms with Crippen LogP contribution in [0, 0.1) is 12.3 Å². The topological polar surface area (TPSA) is 118 Å². The second-order valence-electron chi connectivity index (χ2n) is 3.75. The summed E-state index contributed by atoms with van der Waals surface area (Å²) >= 11 is 0. The Kier molecular flexibility index (Phi) is 7.76. The van der Waals surface area contributed by atoms with E-state index in [9.17, 15) is 9.59 Å². The third-order valence-electron chi connectivity index (χ3n) is 2.23. The molecular formula is C11H19N3O3. The molecule has 0 aromatic rings. The Morgan fingerprint density at radius 2 is 1.94 bits per heavy atom. The van der Waals surface area contributed by atoms with E-state index in [-0.39, 0.29) is 12.3 Å². The number of aliphatic carboxylic acids is 1.